The second-order valence-corrected chi connectivity index (χ2v) is 4.80. The summed E-state index contributed by atoms with van der Waals surface area (Å²) in [7, 11) is 0. The molecule has 25 heavy (non-hydrogen) atoms. The molecule has 2 N–H and O–H groups in total. The number of carboxylic acid groups (broad SMARTS) is 1. The topological polar surface area (TPSA) is 79.3 Å². The molecule has 0 spiro atoms. The van der Waals surface area contributed by atoms with Crippen molar-refractivity contribution in [2.24, 2.45) is 0 Å². The van der Waals surface area contributed by atoms with Gasteiger partial charge in [0, 0.05) is 11.8 Å². The Morgan fingerprint density at radius 3 is 2.56 bits per heavy atom. The SMILES string of the molecule is O=C(O)c1ccc(C(=O)NCC#Cc2cccc(C(F)(F)F)c2)nc1. The third-order valence-corrected chi connectivity index (χ3v) is 3.00. The maximum absolute atomic E-state index is 12.6. The zero-order valence-corrected chi connectivity index (χ0v) is 12.6. The summed E-state index contributed by atoms with van der Waals surface area (Å²) in [5.74, 6) is 3.33. The second kappa shape index (κ2) is 7.49. The lowest BCUT2D eigenvalue weighted by atomic mass is 10.1. The van der Waals surface area contributed by atoms with E-state index in [4.69, 9.17) is 5.11 Å². The van der Waals surface area contributed by atoms with Crippen LogP contribution in [0.2, 0.25) is 0 Å². The first kappa shape index (κ1) is 18.0. The molecule has 0 saturated heterocycles. The summed E-state index contributed by atoms with van der Waals surface area (Å²) in [6.07, 6.45) is -3.40. The summed E-state index contributed by atoms with van der Waals surface area (Å²) in [5, 5.41) is 11.2. The molecule has 0 fully saturated rings. The van der Waals surface area contributed by atoms with Crippen LogP contribution in [0.15, 0.2) is 42.6 Å². The van der Waals surface area contributed by atoms with Crippen molar-refractivity contribution in [3.05, 3.63) is 65.0 Å². The Morgan fingerprint density at radius 1 is 1.20 bits per heavy atom. The van der Waals surface area contributed by atoms with Crippen molar-refractivity contribution in [1.29, 1.82) is 0 Å². The summed E-state index contributed by atoms with van der Waals surface area (Å²) in [6, 6.07) is 7.02. The first-order chi connectivity index (χ1) is 11.8. The quantitative estimate of drug-likeness (QED) is 0.836. The number of pyridine rings is 1. The van der Waals surface area contributed by atoms with E-state index in [2.05, 4.69) is 22.1 Å². The molecule has 2 rings (SSSR count). The minimum atomic E-state index is -4.44. The number of alkyl halides is 3. The molecule has 0 aliphatic heterocycles. The molecule has 0 bridgehead atoms. The van der Waals surface area contributed by atoms with E-state index in [1.807, 2.05) is 0 Å². The van der Waals surface area contributed by atoms with E-state index in [0.29, 0.717) is 0 Å². The number of carbonyl (C=O) groups excluding carboxylic acids is 1. The lowest BCUT2D eigenvalue weighted by molar-refractivity contribution is -0.137. The van der Waals surface area contributed by atoms with Gasteiger partial charge in [-0.25, -0.2) is 4.79 Å². The van der Waals surface area contributed by atoms with Crippen LogP contribution < -0.4 is 5.32 Å². The number of aromatic nitrogens is 1. The van der Waals surface area contributed by atoms with Gasteiger partial charge in [-0.05, 0) is 30.3 Å². The average Bonchev–Trinajstić information content (AvgIpc) is 2.58. The number of hydrogen-bond donors (Lipinski definition) is 2. The monoisotopic (exact) mass is 348 g/mol. The highest BCUT2D eigenvalue weighted by molar-refractivity contribution is 5.93. The molecule has 1 heterocycles. The van der Waals surface area contributed by atoms with E-state index in [1.54, 1.807) is 0 Å². The first-order valence-electron chi connectivity index (χ1n) is 6.91. The Hall–Kier alpha value is -3.34. The Balaban J connectivity index is 1.96. The number of hydrogen-bond acceptors (Lipinski definition) is 3. The minimum absolute atomic E-state index is 0.00543. The molecule has 0 unspecified atom stereocenters. The van der Waals surface area contributed by atoms with E-state index < -0.39 is 23.6 Å². The Bertz CT molecular complexity index is 850. The van der Waals surface area contributed by atoms with Gasteiger partial charge in [-0.15, -0.1) is 0 Å². The molecule has 2 aromatic rings. The van der Waals surface area contributed by atoms with Gasteiger partial charge >= 0.3 is 12.1 Å². The summed E-state index contributed by atoms with van der Waals surface area (Å²) in [5.41, 5.74) is -0.675. The third-order valence-electron chi connectivity index (χ3n) is 3.00. The fourth-order valence-corrected chi connectivity index (χ4v) is 1.79. The summed E-state index contributed by atoms with van der Waals surface area (Å²) in [6.45, 7) is -0.0998. The van der Waals surface area contributed by atoms with Crippen LogP contribution in [0.25, 0.3) is 0 Å². The predicted molar refractivity (Wildman–Crippen MR) is 81.9 cm³/mol. The largest absolute Gasteiger partial charge is 0.478 e. The lowest BCUT2D eigenvalue weighted by Crippen LogP contribution is -2.24. The Kier molecular flexibility index (Phi) is 5.39. The van der Waals surface area contributed by atoms with Crippen LogP contribution in [-0.2, 0) is 6.18 Å². The van der Waals surface area contributed by atoms with Crippen LogP contribution in [0.3, 0.4) is 0 Å². The molecule has 0 radical (unpaired) electrons. The number of nitrogens with one attached hydrogen (secondary N) is 1. The summed E-state index contributed by atoms with van der Waals surface area (Å²) in [4.78, 5) is 26.2. The van der Waals surface area contributed by atoms with Gasteiger partial charge < -0.3 is 10.4 Å². The molecule has 1 aromatic carbocycles. The van der Waals surface area contributed by atoms with Gasteiger partial charge in [0.2, 0.25) is 0 Å². The van der Waals surface area contributed by atoms with Gasteiger partial charge in [0.1, 0.15) is 5.69 Å². The van der Waals surface area contributed by atoms with Gasteiger partial charge in [0.05, 0.1) is 17.7 Å². The smallest absolute Gasteiger partial charge is 0.416 e. The molecule has 0 saturated carbocycles. The van der Waals surface area contributed by atoms with E-state index in [-0.39, 0.29) is 23.4 Å². The van der Waals surface area contributed by atoms with Crippen LogP contribution in [0.1, 0.15) is 32.0 Å². The Labute approximate surface area is 140 Å². The van der Waals surface area contributed by atoms with Crippen LogP contribution in [0.4, 0.5) is 13.2 Å². The fraction of sp³-hybridized carbons (Fsp3) is 0.118. The van der Waals surface area contributed by atoms with Crippen molar-refractivity contribution in [3.63, 3.8) is 0 Å². The fourth-order valence-electron chi connectivity index (χ4n) is 1.79. The highest BCUT2D eigenvalue weighted by atomic mass is 19.4. The predicted octanol–water partition coefficient (Wildman–Crippen LogP) is 2.58. The van der Waals surface area contributed by atoms with Crippen molar-refractivity contribution >= 4 is 11.9 Å². The number of benzene rings is 1. The van der Waals surface area contributed by atoms with E-state index in [9.17, 15) is 22.8 Å². The van der Waals surface area contributed by atoms with Gasteiger partial charge in [0.25, 0.3) is 5.91 Å². The highest BCUT2D eigenvalue weighted by Crippen LogP contribution is 2.29. The maximum Gasteiger partial charge on any atom is 0.416 e. The number of amides is 1. The summed E-state index contributed by atoms with van der Waals surface area (Å²) < 4.78 is 37.7. The van der Waals surface area contributed by atoms with E-state index in [0.717, 1.165) is 18.3 Å². The first-order valence-corrected chi connectivity index (χ1v) is 6.91. The number of carboxylic acids is 1. The molecule has 0 aliphatic rings. The molecule has 8 heteroatoms. The van der Waals surface area contributed by atoms with Gasteiger partial charge in [-0.2, -0.15) is 13.2 Å². The van der Waals surface area contributed by atoms with E-state index in [1.165, 1.54) is 24.3 Å². The number of nitrogens with zero attached hydrogens (tertiary/aromatic N) is 1. The maximum atomic E-state index is 12.6. The Morgan fingerprint density at radius 2 is 1.96 bits per heavy atom. The molecular formula is C17H11F3N2O3. The molecule has 0 atom stereocenters. The van der Waals surface area contributed by atoms with Crippen molar-refractivity contribution in [2.45, 2.75) is 6.18 Å². The zero-order valence-electron chi connectivity index (χ0n) is 12.6. The normalized spacial score (nSPS) is 10.5. The number of carbonyl (C=O) groups is 2. The van der Waals surface area contributed by atoms with Crippen LogP contribution in [0.5, 0.6) is 0 Å². The van der Waals surface area contributed by atoms with E-state index >= 15 is 0 Å². The standard InChI is InChI=1S/C17H11F3N2O3/c18-17(19,20)13-5-1-3-11(9-13)4-2-8-21-15(23)14-7-6-12(10-22-14)16(24)25/h1,3,5-7,9-10H,8H2,(H,21,23)(H,24,25). The zero-order chi connectivity index (χ0) is 18.4. The van der Waals surface area contributed by atoms with Gasteiger partial charge in [-0.3, -0.25) is 9.78 Å². The molecule has 5 nitrogen and oxygen atoms in total. The lowest BCUT2D eigenvalue weighted by Gasteiger charge is -2.05. The molecule has 128 valence electrons. The van der Waals surface area contributed by atoms with Crippen molar-refractivity contribution in [2.75, 3.05) is 6.54 Å². The van der Waals surface area contributed by atoms with Crippen molar-refractivity contribution in [3.8, 4) is 11.8 Å². The second-order valence-electron chi connectivity index (χ2n) is 4.80. The number of aromatic carboxylic acids is 1. The number of rotatable bonds is 3. The van der Waals surface area contributed by atoms with Crippen molar-refractivity contribution in [1.82, 2.24) is 10.3 Å². The summed E-state index contributed by atoms with van der Waals surface area (Å²) >= 11 is 0. The number of halogens is 3. The molecule has 1 amide bonds. The van der Waals surface area contributed by atoms with Crippen molar-refractivity contribution < 1.29 is 27.9 Å². The van der Waals surface area contributed by atoms with Gasteiger partial charge in [0.15, 0.2) is 0 Å². The molecular weight excluding hydrogens is 337 g/mol. The van der Waals surface area contributed by atoms with Crippen LogP contribution in [0, 0.1) is 11.8 Å². The van der Waals surface area contributed by atoms with Crippen LogP contribution >= 0.6 is 0 Å². The third kappa shape index (κ3) is 5.07. The highest BCUT2D eigenvalue weighted by Gasteiger charge is 2.30. The van der Waals surface area contributed by atoms with Crippen LogP contribution in [-0.4, -0.2) is 28.5 Å². The molecule has 1 aromatic heterocycles. The average molecular weight is 348 g/mol. The molecule has 0 aliphatic carbocycles. The van der Waals surface area contributed by atoms with Gasteiger partial charge in [-0.1, -0.05) is 17.9 Å². The minimum Gasteiger partial charge on any atom is -0.478 e.